The van der Waals surface area contributed by atoms with Crippen LogP contribution in [0.5, 0.6) is 0 Å². The predicted molar refractivity (Wildman–Crippen MR) is 140 cm³/mol. The number of anilines is 3. The van der Waals surface area contributed by atoms with Gasteiger partial charge in [0.2, 0.25) is 5.95 Å². The van der Waals surface area contributed by atoms with E-state index in [0.29, 0.717) is 5.95 Å². The Hall–Kier alpha value is -4.06. The molecule has 1 atom stereocenters. The maximum absolute atomic E-state index is 11.7. The topological polar surface area (TPSA) is 71.0 Å². The summed E-state index contributed by atoms with van der Waals surface area (Å²) < 4.78 is 0. The van der Waals surface area contributed by atoms with Crippen LogP contribution in [0.3, 0.4) is 0 Å². The molecule has 1 N–H and O–H groups in total. The minimum Gasteiger partial charge on any atom is -0.351 e. The summed E-state index contributed by atoms with van der Waals surface area (Å²) in [5.74, 6) is 1.55. The minimum absolute atomic E-state index is 0.0796. The number of nitrogens with zero attached hydrogens (tertiary/aromatic N) is 4. The van der Waals surface area contributed by atoms with Gasteiger partial charge >= 0.3 is 0 Å². The van der Waals surface area contributed by atoms with Gasteiger partial charge in [0, 0.05) is 41.8 Å². The number of carbonyl (C=O) groups is 1. The van der Waals surface area contributed by atoms with E-state index in [4.69, 9.17) is 9.97 Å². The van der Waals surface area contributed by atoms with Gasteiger partial charge in [0.25, 0.3) is 0 Å². The third-order valence-electron chi connectivity index (χ3n) is 6.32. The first-order valence-corrected chi connectivity index (χ1v) is 12.1. The molecule has 1 aliphatic rings. The highest BCUT2D eigenvalue weighted by molar-refractivity contribution is 5.94. The summed E-state index contributed by atoms with van der Waals surface area (Å²) in [5, 5.41) is 3.43. The quantitative estimate of drug-likeness (QED) is 0.346. The Morgan fingerprint density at radius 1 is 1.06 bits per heavy atom. The normalized spacial score (nSPS) is 13.7. The fourth-order valence-electron chi connectivity index (χ4n) is 4.58. The van der Waals surface area contributed by atoms with E-state index in [9.17, 15) is 4.79 Å². The lowest BCUT2D eigenvalue weighted by atomic mass is 10.0. The number of aryl methyl sites for hydroxylation is 1. The molecule has 0 bridgehead atoms. The van der Waals surface area contributed by atoms with Gasteiger partial charge in [0.1, 0.15) is 5.82 Å². The molecule has 0 saturated carbocycles. The smallest absolute Gasteiger partial charge is 0.224 e. The zero-order valence-corrected chi connectivity index (χ0v) is 20.1. The van der Waals surface area contributed by atoms with Crippen molar-refractivity contribution >= 4 is 23.2 Å². The number of ketones is 1. The van der Waals surface area contributed by atoms with Crippen LogP contribution in [0.2, 0.25) is 0 Å². The third kappa shape index (κ3) is 5.22. The van der Waals surface area contributed by atoms with Gasteiger partial charge in [-0.2, -0.15) is 4.98 Å². The van der Waals surface area contributed by atoms with Gasteiger partial charge in [-0.3, -0.25) is 9.78 Å². The van der Waals surface area contributed by atoms with E-state index < -0.39 is 0 Å². The summed E-state index contributed by atoms with van der Waals surface area (Å²) in [6, 6.07) is 22.3. The van der Waals surface area contributed by atoms with Crippen molar-refractivity contribution in [2.24, 2.45) is 0 Å². The summed E-state index contributed by atoms with van der Waals surface area (Å²) in [6.45, 7) is 4.59. The molecule has 5 rings (SSSR count). The fourth-order valence-corrected chi connectivity index (χ4v) is 4.58. The van der Waals surface area contributed by atoms with Crippen molar-refractivity contribution in [2.45, 2.75) is 39.2 Å². The van der Waals surface area contributed by atoms with Gasteiger partial charge in [-0.1, -0.05) is 48.5 Å². The second-order valence-corrected chi connectivity index (χ2v) is 9.06. The van der Waals surface area contributed by atoms with E-state index in [0.717, 1.165) is 59.7 Å². The number of Topliss-reactive ketones (excluding diaryl/α,β-unsaturated/α-hetero) is 1. The molecule has 4 aromatic rings. The molecule has 6 heteroatoms. The molecule has 2 aromatic carbocycles. The molecule has 0 aliphatic carbocycles. The lowest BCUT2D eigenvalue weighted by Crippen LogP contribution is -2.26. The van der Waals surface area contributed by atoms with Crippen LogP contribution in [0, 0.1) is 0 Å². The predicted octanol–water partition coefficient (Wildman–Crippen LogP) is 5.87. The first-order valence-electron chi connectivity index (χ1n) is 12.1. The third-order valence-corrected chi connectivity index (χ3v) is 6.32. The summed E-state index contributed by atoms with van der Waals surface area (Å²) in [4.78, 5) is 28.0. The molecule has 0 spiro atoms. The largest absolute Gasteiger partial charge is 0.351 e. The van der Waals surface area contributed by atoms with Crippen LogP contribution < -0.4 is 10.2 Å². The molecule has 2 aromatic heterocycles. The first-order chi connectivity index (χ1) is 17.1. The molecule has 3 heterocycles. The zero-order chi connectivity index (χ0) is 24.2. The van der Waals surface area contributed by atoms with Crippen LogP contribution >= 0.6 is 0 Å². The molecular formula is C29H29N5O. The molecule has 0 radical (unpaired) electrons. The average molecular weight is 464 g/mol. The monoisotopic (exact) mass is 463 g/mol. The van der Waals surface area contributed by atoms with Crippen molar-refractivity contribution < 1.29 is 4.79 Å². The number of rotatable bonds is 7. The SMILES string of the molecule is CC(=O)c1cccc(C[C@H](C)Nc2nccc(N3CCCc4cnc(-c5ccccc5)cc43)n2)c1. The number of aromatic nitrogens is 3. The number of hydrogen-bond donors (Lipinski definition) is 1. The van der Waals surface area contributed by atoms with Gasteiger partial charge in [-0.15, -0.1) is 0 Å². The molecule has 0 unspecified atom stereocenters. The Kier molecular flexibility index (Phi) is 6.53. The molecule has 0 saturated heterocycles. The molecule has 6 nitrogen and oxygen atoms in total. The van der Waals surface area contributed by atoms with Crippen molar-refractivity contribution in [3.05, 3.63) is 95.8 Å². The number of hydrogen-bond acceptors (Lipinski definition) is 6. The van der Waals surface area contributed by atoms with Crippen molar-refractivity contribution in [3.63, 3.8) is 0 Å². The average Bonchev–Trinajstić information content (AvgIpc) is 2.89. The molecule has 0 fully saturated rings. The highest BCUT2D eigenvalue weighted by Crippen LogP contribution is 2.34. The lowest BCUT2D eigenvalue weighted by Gasteiger charge is -2.30. The van der Waals surface area contributed by atoms with E-state index in [2.05, 4.69) is 40.3 Å². The van der Waals surface area contributed by atoms with Crippen LogP contribution in [-0.4, -0.2) is 33.3 Å². The lowest BCUT2D eigenvalue weighted by molar-refractivity contribution is 0.101. The Balaban J connectivity index is 1.36. The molecule has 0 amide bonds. The standard InChI is InChI=1S/C29H29N5O/c1-20(16-22-8-6-11-24(17-22)21(2)35)32-29-30-14-13-28(33-29)34-15-7-12-25-19-31-26(18-27(25)34)23-9-4-3-5-10-23/h3-6,8-11,13-14,17-20H,7,12,15-16H2,1-2H3,(H,30,32,33)/t20-/m0/s1. The summed E-state index contributed by atoms with van der Waals surface area (Å²) in [5.41, 5.74) is 6.31. The number of benzene rings is 2. The van der Waals surface area contributed by atoms with E-state index in [1.807, 2.05) is 54.7 Å². The molecule has 176 valence electrons. The van der Waals surface area contributed by atoms with E-state index >= 15 is 0 Å². The fraction of sp³-hybridized carbons (Fsp3) is 0.241. The zero-order valence-electron chi connectivity index (χ0n) is 20.1. The van der Waals surface area contributed by atoms with Crippen LogP contribution in [0.4, 0.5) is 17.5 Å². The van der Waals surface area contributed by atoms with Gasteiger partial charge in [0.15, 0.2) is 5.78 Å². The Labute approximate surface area is 206 Å². The number of fused-ring (bicyclic) bond motifs is 1. The highest BCUT2D eigenvalue weighted by Gasteiger charge is 2.21. The van der Waals surface area contributed by atoms with E-state index in [1.54, 1.807) is 13.1 Å². The Bertz CT molecular complexity index is 1340. The molecule has 35 heavy (non-hydrogen) atoms. The maximum Gasteiger partial charge on any atom is 0.224 e. The number of nitrogens with one attached hydrogen (secondary N) is 1. The second kappa shape index (κ2) is 10.1. The van der Waals surface area contributed by atoms with Crippen molar-refractivity contribution in [1.29, 1.82) is 0 Å². The summed E-state index contributed by atoms with van der Waals surface area (Å²) >= 11 is 0. The van der Waals surface area contributed by atoms with E-state index in [1.165, 1.54) is 5.56 Å². The Morgan fingerprint density at radius 3 is 2.74 bits per heavy atom. The second-order valence-electron chi connectivity index (χ2n) is 9.06. The van der Waals surface area contributed by atoms with Crippen molar-refractivity contribution in [2.75, 3.05) is 16.8 Å². The summed E-state index contributed by atoms with van der Waals surface area (Å²) in [6.07, 6.45) is 6.64. The van der Waals surface area contributed by atoms with Gasteiger partial charge in [0.05, 0.1) is 5.69 Å². The van der Waals surface area contributed by atoms with Crippen LogP contribution in [-0.2, 0) is 12.8 Å². The van der Waals surface area contributed by atoms with Crippen LogP contribution in [0.1, 0.15) is 41.8 Å². The van der Waals surface area contributed by atoms with E-state index in [-0.39, 0.29) is 11.8 Å². The molecular weight excluding hydrogens is 434 g/mol. The van der Waals surface area contributed by atoms with Gasteiger partial charge in [-0.05, 0) is 62.4 Å². The molecule has 1 aliphatic heterocycles. The van der Waals surface area contributed by atoms with Gasteiger partial charge < -0.3 is 10.2 Å². The first kappa shape index (κ1) is 22.7. The van der Waals surface area contributed by atoms with Crippen LogP contribution in [0.15, 0.2) is 79.1 Å². The number of carbonyl (C=O) groups excluding carboxylic acids is 1. The van der Waals surface area contributed by atoms with Gasteiger partial charge in [-0.25, -0.2) is 4.98 Å². The van der Waals surface area contributed by atoms with Crippen molar-refractivity contribution in [1.82, 2.24) is 15.0 Å². The number of pyridine rings is 1. The minimum atomic E-state index is 0.0796. The maximum atomic E-state index is 11.7. The van der Waals surface area contributed by atoms with Crippen molar-refractivity contribution in [3.8, 4) is 11.3 Å². The Morgan fingerprint density at radius 2 is 1.91 bits per heavy atom. The van der Waals surface area contributed by atoms with Crippen LogP contribution in [0.25, 0.3) is 11.3 Å². The highest BCUT2D eigenvalue weighted by atomic mass is 16.1. The summed E-state index contributed by atoms with van der Waals surface area (Å²) in [7, 11) is 0.